The molecule has 0 bridgehead atoms. The molecule has 27 heavy (non-hydrogen) atoms. The van der Waals surface area contributed by atoms with E-state index in [4.69, 9.17) is 11.6 Å². The largest absolute Gasteiger partial charge is 0.434 e. The molecule has 1 aliphatic rings. The average molecular weight is 398 g/mol. The van der Waals surface area contributed by atoms with E-state index < -0.39 is 11.9 Å². The van der Waals surface area contributed by atoms with Gasteiger partial charge in [0.15, 0.2) is 5.69 Å². The third kappa shape index (κ3) is 3.68. The van der Waals surface area contributed by atoms with Crippen LogP contribution in [0.15, 0.2) is 24.4 Å². The number of nitrogens with one attached hydrogen (secondary N) is 1. The number of aryl methyl sites for hydroxylation is 2. The van der Waals surface area contributed by atoms with E-state index in [9.17, 15) is 13.2 Å². The lowest BCUT2D eigenvalue weighted by atomic mass is 9.99. The Morgan fingerprint density at radius 1 is 1.30 bits per heavy atom. The summed E-state index contributed by atoms with van der Waals surface area (Å²) in [6, 6.07) is 5.59. The maximum atomic E-state index is 12.8. The predicted molar refractivity (Wildman–Crippen MR) is 96.5 cm³/mol. The van der Waals surface area contributed by atoms with E-state index in [1.54, 1.807) is 4.57 Å². The lowest BCUT2D eigenvalue weighted by Gasteiger charge is -2.23. The van der Waals surface area contributed by atoms with E-state index in [1.807, 2.05) is 29.8 Å². The van der Waals surface area contributed by atoms with Gasteiger partial charge < -0.3 is 14.5 Å². The second-order valence-electron chi connectivity index (χ2n) is 6.95. The monoisotopic (exact) mass is 397 g/mol. The van der Waals surface area contributed by atoms with Crippen LogP contribution in [0.3, 0.4) is 0 Å². The SMILES string of the molecule is Cn1c(CNCC2CCc3nc(C(F)(F)F)cn3C2)nc2ccc(Cl)cc21. The number of benzene rings is 1. The standard InChI is InChI=1S/C18H19ClF3N5/c1-26-14-6-12(19)3-4-13(14)24-17(26)8-23-7-11-2-5-16-25-15(18(20,21)22)10-27(16)9-11/h3-4,6,10-11,23H,2,5,7-9H2,1H3. The Hall–Kier alpha value is -2.06. The molecule has 5 nitrogen and oxygen atoms in total. The Labute approximate surface area is 159 Å². The molecule has 1 aromatic carbocycles. The summed E-state index contributed by atoms with van der Waals surface area (Å²) < 4.78 is 42.1. The molecule has 0 aliphatic carbocycles. The molecule has 9 heteroatoms. The molecular weight excluding hydrogens is 379 g/mol. The van der Waals surface area contributed by atoms with Crippen LogP contribution in [0.4, 0.5) is 13.2 Å². The average Bonchev–Trinajstić information content (AvgIpc) is 3.17. The van der Waals surface area contributed by atoms with Crippen molar-refractivity contribution in [2.75, 3.05) is 6.54 Å². The quantitative estimate of drug-likeness (QED) is 0.728. The van der Waals surface area contributed by atoms with Crippen molar-refractivity contribution in [2.45, 2.75) is 32.1 Å². The summed E-state index contributed by atoms with van der Waals surface area (Å²) in [5.41, 5.74) is 1.06. The second-order valence-corrected chi connectivity index (χ2v) is 7.38. The van der Waals surface area contributed by atoms with E-state index in [0.717, 1.165) is 29.5 Å². The van der Waals surface area contributed by atoms with Crippen molar-refractivity contribution in [1.82, 2.24) is 24.4 Å². The van der Waals surface area contributed by atoms with Crippen LogP contribution in [0.25, 0.3) is 11.0 Å². The molecule has 0 saturated carbocycles. The number of imidazole rings is 2. The molecule has 1 unspecified atom stereocenters. The van der Waals surface area contributed by atoms with Crippen molar-refractivity contribution in [3.63, 3.8) is 0 Å². The smallest absolute Gasteiger partial charge is 0.334 e. The number of halogens is 4. The first-order valence-electron chi connectivity index (χ1n) is 8.76. The van der Waals surface area contributed by atoms with Gasteiger partial charge in [0.05, 0.1) is 17.6 Å². The number of hydrogen-bond donors (Lipinski definition) is 1. The second kappa shape index (κ2) is 6.83. The minimum Gasteiger partial charge on any atom is -0.334 e. The molecule has 0 saturated heterocycles. The van der Waals surface area contributed by atoms with Crippen molar-refractivity contribution < 1.29 is 13.2 Å². The molecule has 0 radical (unpaired) electrons. The maximum Gasteiger partial charge on any atom is 0.434 e. The van der Waals surface area contributed by atoms with Gasteiger partial charge in [0.1, 0.15) is 11.6 Å². The van der Waals surface area contributed by atoms with Crippen molar-refractivity contribution in [1.29, 1.82) is 0 Å². The third-order valence-electron chi connectivity index (χ3n) is 5.03. The first-order chi connectivity index (χ1) is 12.8. The van der Waals surface area contributed by atoms with E-state index in [-0.39, 0.29) is 5.92 Å². The normalized spacial score (nSPS) is 17.4. The highest BCUT2D eigenvalue weighted by Crippen LogP contribution is 2.30. The van der Waals surface area contributed by atoms with Crippen LogP contribution in [0, 0.1) is 5.92 Å². The van der Waals surface area contributed by atoms with Gasteiger partial charge in [-0.05, 0) is 30.5 Å². The van der Waals surface area contributed by atoms with Gasteiger partial charge in [-0.25, -0.2) is 9.97 Å². The highest BCUT2D eigenvalue weighted by atomic mass is 35.5. The molecular formula is C18H19ClF3N5. The van der Waals surface area contributed by atoms with E-state index in [2.05, 4.69) is 15.3 Å². The summed E-state index contributed by atoms with van der Waals surface area (Å²) in [5.74, 6) is 1.67. The first kappa shape index (κ1) is 18.3. The fourth-order valence-corrected chi connectivity index (χ4v) is 3.74. The van der Waals surface area contributed by atoms with E-state index in [1.165, 1.54) is 0 Å². The fourth-order valence-electron chi connectivity index (χ4n) is 3.58. The predicted octanol–water partition coefficient (Wildman–Crippen LogP) is 3.79. The fraction of sp³-hybridized carbons (Fsp3) is 0.444. The van der Waals surface area contributed by atoms with Crippen molar-refractivity contribution >= 4 is 22.6 Å². The topological polar surface area (TPSA) is 47.7 Å². The summed E-state index contributed by atoms with van der Waals surface area (Å²) in [5, 5.41) is 4.05. The highest BCUT2D eigenvalue weighted by Gasteiger charge is 2.35. The van der Waals surface area contributed by atoms with E-state index >= 15 is 0 Å². The molecule has 1 aliphatic heterocycles. The van der Waals surface area contributed by atoms with Gasteiger partial charge in [-0.2, -0.15) is 13.2 Å². The van der Waals surface area contributed by atoms with Crippen molar-refractivity contribution in [3.05, 3.63) is 46.8 Å². The van der Waals surface area contributed by atoms with Crippen LogP contribution in [-0.4, -0.2) is 25.6 Å². The molecule has 3 heterocycles. The van der Waals surface area contributed by atoms with Gasteiger partial charge in [-0.15, -0.1) is 0 Å². The molecule has 4 rings (SSSR count). The highest BCUT2D eigenvalue weighted by molar-refractivity contribution is 6.31. The third-order valence-corrected chi connectivity index (χ3v) is 5.27. The van der Waals surface area contributed by atoms with Crippen LogP contribution in [0.1, 0.15) is 23.8 Å². The molecule has 0 fully saturated rings. The number of alkyl halides is 3. The molecule has 1 N–H and O–H groups in total. The van der Waals surface area contributed by atoms with Gasteiger partial charge in [-0.3, -0.25) is 0 Å². The van der Waals surface area contributed by atoms with Crippen LogP contribution in [0.5, 0.6) is 0 Å². The zero-order valence-electron chi connectivity index (χ0n) is 14.7. The number of hydrogen-bond acceptors (Lipinski definition) is 3. The minimum atomic E-state index is -4.39. The van der Waals surface area contributed by atoms with E-state index in [0.29, 0.717) is 36.9 Å². The van der Waals surface area contributed by atoms with Crippen molar-refractivity contribution in [2.24, 2.45) is 13.0 Å². The summed E-state index contributed by atoms with van der Waals surface area (Å²) in [7, 11) is 1.94. The van der Waals surface area contributed by atoms with Gasteiger partial charge in [0.2, 0.25) is 0 Å². The Balaban J connectivity index is 1.38. The summed E-state index contributed by atoms with van der Waals surface area (Å²) in [4.78, 5) is 8.32. The van der Waals surface area contributed by atoms with Gasteiger partial charge in [-0.1, -0.05) is 11.6 Å². The van der Waals surface area contributed by atoms with Crippen LogP contribution >= 0.6 is 11.6 Å². The first-order valence-corrected chi connectivity index (χ1v) is 9.14. The summed E-state index contributed by atoms with van der Waals surface area (Å²) in [6.45, 7) is 1.84. The maximum absolute atomic E-state index is 12.8. The Morgan fingerprint density at radius 2 is 2.11 bits per heavy atom. The molecule has 0 amide bonds. The zero-order chi connectivity index (χ0) is 19.2. The van der Waals surface area contributed by atoms with Crippen LogP contribution < -0.4 is 5.32 Å². The lowest BCUT2D eigenvalue weighted by Crippen LogP contribution is -2.30. The lowest BCUT2D eigenvalue weighted by molar-refractivity contribution is -0.141. The molecule has 2 aromatic heterocycles. The van der Waals surface area contributed by atoms with Gasteiger partial charge >= 0.3 is 6.18 Å². The number of fused-ring (bicyclic) bond motifs is 2. The number of aromatic nitrogens is 4. The van der Waals surface area contributed by atoms with Gasteiger partial charge in [0, 0.05) is 37.8 Å². The molecule has 1 atom stereocenters. The zero-order valence-corrected chi connectivity index (χ0v) is 15.5. The van der Waals surface area contributed by atoms with Crippen LogP contribution in [0.2, 0.25) is 5.02 Å². The summed E-state index contributed by atoms with van der Waals surface area (Å²) in [6.07, 6.45) is -1.88. The van der Waals surface area contributed by atoms with Crippen molar-refractivity contribution in [3.8, 4) is 0 Å². The number of rotatable bonds is 4. The van der Waals surface area contributed by atoms with Crippen LogP contribution in [-0.2, 0) is 32.7 Å². The Morgan fingerprint density at radius 3 is 2.89 bits per heavy atom. The Kier molecular flexibility index (Phi) is 4.63. The molecule has 3 aromatic rings. The van der Waals surface area contributed by atoms with Gasteiger partial charge in [0.25, 0.3) is 0 Å². The molecule has 0 spiro atoms. The molecule has 144 valence electrons. The Bertz CT molecular complexity index is 975. The minimum absolute atomic E-state index is 0.261. The summed E-state index contributed by atoms with van der Waals surface area (Å²) >= 11 is 6.04. The number of nitrogens with zero attached hydrogens (tertiary/aromatic N) is 4.